The molecule has 4 nitrogen and oxygen atoms in total. The number of rotatable bonds is 4. The largest absolute Gasteiger partial charge is 0.381 e. The maximum atomic E-state index is 13.6. The van der Waals surface area contributed by atoms with E-state index >= 15 is 0 Å². The van der Waals surface area contributed by atoms with Crippen LogP contribution in [0.15, 0.2) is 0 Å². The predicted octanol–water partition coefficient (Wildman–Crippen LogP) is 5.90. The Morgan fingerprint density at radius 3 is 1.06 bits per heavy atom. The van der Waals surface area contributed by atoms with Crippen LogP contribution in [0.5, 0.6) is 0 Å². The van der Waals surface area contributed by atoms with Crippen LogP contribution in [-0.2, 0) is 19.1 Å². The maximum Gasteiger partial charge on any atom is 0.159 e. The Bertz CT molecular complexity index is 606. The molecule has 0 N–H and O–H groups in total. The average molecular weight is 445 g/mol. The van der Waals surface area contributed by atoms with Gasteiger partial charge in [-0.25, -0.2) is 0 Å². The number of carbonyl (C=O) groups is 2. The normalized spacial score (nSPS) is 47.6. The number of hydrogen-bond donors (Lipinski definition) is 0. The number of methoxy groups -OCH3 is 2. The predicted molar refractivity (Wildman–Crippen MR) is 124 cm³/mol. The molecule has 0 aromatic rings. The summed E-state index contributed by atoms with van der Waals surface area (Å²) in [5.41, 5.74) is -1.16. The van der Waals surface area contributed by atoms with Crippen LogP contribution in [0.25, 0.3) is 0 Å². The van der Waals surface area contributed by atoms with Gasteiger partial charge in [-0.1, -0.05) is 0 Å². The molecule has 32 heavy (non-hydrogen) atoms. The topological polar surface area (TPSA) is 52.6 Å². The average Bonchev–Trinajstić information content (AvgIpc) is 2.88. The first-order valence-electron chi connectivity index (χ1n) is 13.7. The van der Waals surface area contributed by atoms with Crippen molar-refractivity contribution in [2.24, 2.45) is 34.5 Å². The summed E-state index contributed by atoms with van der Waals surface area (Å²) in [6.07, 6.45) is 18.3. The van der Waals surface area contributed by atoms with Crippen molar-refractivity contribution in [2.75, 3.05) is 14.2 Å². The molecule has 5 aliphatic carbocycles. The monoisotopic (exact) mass is 444 g/mol. The smallest absolute Gasteiger partial charge is 0.159 e. The first-order valence-corrected chi connectivity index (χ1v) is 13.7. The molecule has 0 amide bonds. The fourth-order valence-electron chi connectivity index (χ4n) is 8.77. The van der Waals surface area contributed by atoms with E-state index in [9.17, 15) is 9.59 Å². The van der Waals surface area contributed by atoms with Gasteiger partial charge in [-0.3, -0.25) is 9.59 Å². The van der Waals surface area contributed by atoms with Gasteiger partial charge in [0.25, 0.3) is 0 Å². The number of ether oxygens (including phenoxy) is 2. The Morgan fingerprint density at radius 1 is 0.500 bits per heavy atom. The lowest BCUT2D eigenvalue weighted by Gasteiger charge is -2.58. The highest BCUT2D eigenvalue weighted by Gasteiger charge is 2.71. The first kappa shape index (κ1) is 23.0. The van der Waals surface area contributed by atoms with E-state index in [2.05, 4.69) is 0 Å². The second-order valence-electron chi connectivity index (χ2n) is 12.0. The summed E-state index contributed by atoms with van der Waals surface area (Å²) >= 11 is 0. The summed E-state index contributed by atoms with van der Waals surface area (Å²) in [5, 5.41) is 0. The van der Waals surface area contributed by atoms with E-state index in [0.29, 0.717) is 35.6 Å². The molecule has 4 heteroatoms. The van der Waals surface area contributed by atoms with Crippen LogP contribution in [-0.4, -0.2) is 38.0 Å². The van der Waals surface area contributed by atoms with E-state index in [-0.39, 0.29) is 0 Å². The molecule has 0 aliphatic heterocycles. The summed E-state index contributed by atoms with van der Waals surface area (Å²) in [6.45, 7) is 0. The van der Waals surface area contributed by atoms with Crippen LogP contribution in [0.1, 0.15) is 103 Å². The van der Waals surface area contributed by atoms with Gasteiger partial charge in [-0.15, -0.1) is 0 Å². The van der Waals surface area contributed by atoms with Gasteiger partial charge in [0.2, 0.25) is 0 Å². The lowest BCUT2D eigenvalue weighted by Crippen LogP contribution is -2.68. The van der Waals surface area contributed by atoms with Crippen LogP contribution in [0, 0.1) is 34.5 Å². The SMILES string of the molecule is CO[C@H]1CC[C@H](C2CCC3(CC2)C(=O)C2(CCC([C@H]4CC[C@H](OC)CC4)CC2)C3=O)CC1. The van der Waals surface area contributed by atoms with Crippen molar-refractivity contribution >= 4 is 11.6 Å². The van der Waals surface area contributed by atoms with E-state index in [1.807, 2.05) is 14.2 Å². The maximum absolute atomic E-state index is 13.6. The molecule has 0 saturated heterocycles. The van der Waals surface area contributed by atoms with Crippen LogP contribution >= 0.6 is 0 Å². The van der Waals surface area contributed by atoms with Gasteiger partial charge in [0.15, 0.2) is 11.6 Å². The summed E-state index contributed by atoms with van der Waals surface area (Å²) in [7, 11) is 3.66. The van der Waals surface area contributed by atoms with Crippen molar-refractivity contribution in [2.45, 2.75) is 115 Å². The lowest BCUT2D eigenvalue weighted by atomic mass is 9.41. The molecular formula is C28H44O4. The molecule has 5 saturated carbocycles. The van der Waals surface area contributed by atoms with Crippen molar-refractivity contribution < 1.29 is 19.1 Å². The van der Waals surface area contributed by atoms with Gasteiger partial charge >= 0.3 is 0 Å². The summed E-state index contributed by atoms with van der Waals surface area (Å²) in [5.74, 6) is 3.71. The van der Waals surface area contributed by atoms with E-state index in [4.69, 9.17) is 9.47 Å². The Morgan fingerprint density at radius 2 is 0.781 bits per heavy atom. The van der Waals surface area contributed by atoms with Gasteiger partial charge in [0.05, 0.1) is 23.0 Å². The Balaban J connectivity index is 1.13. The van der Waals surface area contributed by atoms with E-state index in [0.717, 1.165) is 63.2 Å². The zero-order chi connectivity index (χ0) is 22.3. The fraction of sp³-hybridized carbons (Fsp3) is 0.929. The van der Waals surface area contributed by atoms with Gasteiger partial charge in [-0.05, 0) is 126 Å². The minimum Gasteiger partial charge on any atom is -0.381 e. The Labute approximate surface area is 194 Å². The molecule has 5 rings (SSSR count). The molecular weight excluding hydrogens is 400 g/mol. The van der Waals surface area contributed by atoms with Crippen LogP contribution in [0.2, 0.25) is 0 Å². The second kappa shape index (κ2) is 9.13. The Hall–Kier alpha value is -0.740. The molecule has 2 spiro atoms. The molecule has 5 fully saturated rings. The van der Waals surface area contributed by atoms with Crippen LogP contribution in [0.4, 0.5) is 0 Å². The summed E-state index contributed by atoms with van der Waals surface area (Å²) in [6, 6.07) is 0. The highest BCUT2D eigenvalue weighted by atomic mass is 16.5. The molecule has 0 aromatic heterocycles. The molecule has 180 valence electrons. The third-order valence-corrected chi connectivity index (χ3v) is 10.9. The van der Waals surface area contributed by atoms with Crippen molar-refractivity contribution in [3.63, 3.8) is 0 Å². The molecule has 0 aromatic carbocycles. The van der Waals surface area contributed by atoms with Gasteiger partial charge in [0, 0.05) is 14.2 Å². The molecule has 0 atom stereocenters. The second-order valence-corrected chi connectivity index (χ2v) is 12.0. The highest BCUT2D eigenvalue weighted by Crippen LogP contribution is 2.62. The zero-order valence-electron chi connectivity index (χ0n) is 20.4. The van der Waals surface area contributed by atoms with E-state index in [1.165, 1.54) is 51.4 Å². The van der Waals surface area contributed by atoms with Crippen molar-refractivity contribution in [1.29, 1.82) is 0 Å². The molecule has 0 radical (unpaired) electrons. The third kappa shape index (κ3) is 3.72. The zero-order valence-corrected chi connectivity index (χ0v) is 20.4. The van der Waals surface area contributed by atoms with Gasteiger partial charge in [-0.2, -0.15) is 0 Å². The highest BCUT2D eigenvalue weighted by molar-refractivity contribution is 6.30. The van der Waals surface area contributed by atoms with E-state index < -0.39 is 10.8 Å². The first-order chi connectivity index (χ1) is 15.5. The molecule has 0 bridgehead atoms. The van der Waals surface area contributed by atoms with Crippen molar-refractivity contribution in [3.05, 3.63) is 0 Å². The van der Waals surface area contributed by atoms with Crippen LogP contribution in [0.3, 0.4) is 0 Å². The molecule has 5 aliphatic rings. The standard InChI is InChI=1S/C28H44O4/c1-31-23-7-3-19(4-8-23)21-11-15-27(16-12-21)25(29)28(26(27)30)17-13-22(14-18-28)20-5-9-24(32-2)10-6-20/h19-24H,3-18H2,1-2H3/t19-,20-,21?,22?,23-,24-,27?,28?. The number of Topliss-reactive ketones (excluding diaryl/α,β-unsaturated/α-hetero) is 2. The minimum absolute atomic E-state index is 0.359. The minimum atomic E-state index is -0.580. The summed E-state index contributed by atoms with van der Waals surface area (Å²) < 4.78 is 11.1. The number of ketones is 2. The molecule has 0 unspecified atom stereocenters. The summed E-state index contributed by atoms with van der Waals surface area (Å²) in [4.78, 5) is 27.2. The van der Waals surface area contributed by atoms with Gasteiger partial charge in [0.1, 0.15) is 0 Å². The van der Waals surface area contributed by atoms with Gasteiger partial charge < -0.3 is 9.47 Å². The third-order valence-electron chi connectivity index (χ3n) is 10.9. The fourth-order valence-corrected chi connectivity index (χ4v) is 8.77. The number of carbonyl (C=O) groups excluding carboxylic acids is 2. The van der Waals surface area contributed by atoms with Crippen LogP contribution < -0.4 is 0 Å². The van der Waals surface area contributed by atoms with Crippen molar-refractivity contribution in [3.8, 4) is 0 Å². The van der Waals surface area contributed by atoms with E-state index in [1.54, 1.807) is 0 Å². The lowest BCUT2D eigenvalue weighted by molar-refractivity contribution is -0.179. The number of hydrogen-bond acceptors (Lipinski definition) is 4. The Kier molecular flexibility index (Phi) is 6.57. The molecule has 0 heterocycles. The van der Waals surface area contributed by atoms with Crippen molar-refractivity contribution in [1.82, 2.24) is 0 Å². The quantitative estimate of drug-likeness (QED) is 0.507.